The predicted molar refractivity (Wildman–Crippen MR) is 65.0 cm³/mol. The molecular weight excluding hydrogens is 313 g/mol. The molecule has 1 aromatic heterocycles. The zero-order valence-corrected chi connectivity index (χ0v) is 11.8. The van der Waals surface area contributed by atoms with Crippen LogP contribution in [0.15, 0.2) is 4.60 Å². The number of hydrogen-bond acceptors (Lipinski definition) is 3. The maximum Gasteiger partial charge on any atom is 0.389 e. The standard InChI is InChI=1S/C10H16BrF3N4/c1-3-6-15-7(4-5-10(12,13)14)8-9(11)16-17-18(8)2/h7,15H,3-6H2,1-2H3. The maximum atomic E-state index is 12.3. The van der Waals surface area contributed by atoms with E-state index >= 15 is 0 Å². The van der Waals surface area contributed by atoms with Crippen molar-refractivity contribution in [3.05, 3.63) is 10.3 Å². The summed E-state index contributed by atoms with van der Waals surface area (Å²) in [5, 5.41) is 10.7. The van der Waals surface area contributed by atoms with Crippen LogP contribution in [0.4, 0.5) is 13.2 Å². The van der Waals surface area contributed by atoms with E-state index in [4.69, 9.17) is 0 Å². The van der Waals surface area contributed by atoms with Crippen molar-refractivity contribution in [1.29, 1.82) is 0 Å². The van der Waals surface area contributed by atoms with Gasteiger partial charge in [-0.1, -0.05) is 12.1 Å². The minimum Gasteiger partial charge on any atom is -0.309 e. The molecule has 1 atom stereocenters. The Labute approximate surface area is 112 Å². The van der Waals surface area contributed by atoms with Crippen LogP contribution in [0.5, 0.6) is 0 Å². The van der Waals surface area contributed by atoms with Crippen molar-refractivity contribution in [2.75, 3.05) is 6.54 Å². The van der Waals surface area contributed by atoms with Crippen LogP contribution in [0.1, 0.15) is 37.9 Å². The number of rotatable bonds is 6. The summed E-state index contributed by atoms with van der Waals surface area (Å²) in [6.07, 6.45) is -4.15. The van der Waals surface area contributed by atoms with E-state index in [0.29, 0.717) is 16.8 Å². The fourth-order valence-corrected chi connectivity index (χ4v) is 2.27. The van der Waals surface area contributed by atoms with Crippen molar-refractivity contribution < 1.29 is 13.2 Å². The lowest BCUT2D eigenvalue weighted by Gasteiger charge is -2.19. The molecule has 18 heavy (non-hydrogen) atoms. The third kappa shape index (κ3) is 4.56. The summed E-state index contributed by atoms with van der Waals surface area (Å²) in [5.41, 5.74) is 0.646. The molecule has 0 saturated heterocycles. The van der Waals surface area contributed by atoms with Gasteiger partial charge < -0.3 is 5.32 Å². The van der Waals surface area contributed by atoms with E-state index in [1.54, 1.807) is 7.05 Å². The second-order valence-electron chi connectivity index (χ2n) is 4.05. The zero-order valence-electron chi connectivity index (χ0n) is 10.3. The van der Waals surface area contributed by atoms with Crippen molar-refractivity contribution >= 4 is 15.9 Å². The van der Waals surface area contributed by atoms with Gasteiger partial charge in [0.1, 0.15) is 0 Å². The van der Waals surface area contributed by atoms with E-state index in [0.717, 1.165) is 6.42 Å². The quantitative estimate of drug-likeness (QED) is 0.873. The molecule has 4 nitrogen and oxygen atoms in total. The number of nitrogens with one attached hydrogen (secondary N) is 1. The second kappa shape index (κ2) is 6.51. The first-order valence-electron chi connectivity index (χ1n) is 5.70. The van der Waals surface area contributed by atoms with E-state index in [9.17, 15) is 13.2 Å². The molecule has 0 saturated carbocycles. The summed E-state index contributed by atoms with van der Waals surface area (Å²) in [6, 6.07) is -0.402. The first kappa shape index (κ1) is 15.4. The van der Waals surface area contributed by atoms with Gasteiger partial charge in [-0.25, -0.2) is 4.68 Å². The summed E-state index contributed by atoms with van der Waals surface area (Å²) in [7, 11) is 1.67. The normalized spacial score (nSPS) is 13.9. The van der Waals surface area contributed by atoms with Gasteiger partial charge >= 0.3 is 6.18 Å². The third-order valence-electron chi connectivity index (χ3n) is 2.51. The van der Waals surface area contributed by atoms with E-state index in [2.05, 4.69) is 31.6 Å². The smallest absolute Gasteiger partial charge is 0.309 e. The van der Waals surface area contributed by atoms with E-state index in [-0.39, 0.29) is 6.42 Å². The Morgan fingerprint density at radius 3 is 2.56 bits per heavy atom. The van der Waals surface area contributed by atoms with Gasteiger partial charge in [-0.3, -0.25) is 0 Å². The first-order chi connectivity index (χ1) is 8.35. The summed E-state index contributed by atoms with van der Waals surface area (Å²) in [5.74, 6) is 0. The fourth-order valence-electron chi connectivity index (χ4n) is 1.67. The average Bonchev–Trinajstić information content (AvgIpc) is 2.59. The summed E-state index contributed by atoms with van der Waals surface area (Å²) >= 11 is 3.21. The van der Waals surface area contributed by atoms with Crippen LogP contribution in [0.3, 0.4) is 0 Å². The Morgan fingerprint density at radius 1 is 1.44 bits per heavy atom. The Balaban J connectivity index is 2.78. The molecule has 0 radical (unpaired) electrons. The third-order valence-corrected chi connectivity index (χ3v) is 3.08. The summed E-state index contributed by atoms with van der Waals surface area (Å²) < 4.78 is 38.9. The fraction of sp³-hybridized carbons (Fsp3) is 0.800. The predicted octanol–water partition coefficient (Wildman–Crippen LogP) is 2.96. The minimum absolute atomic E-state index is 0.0245. The van der Waals surface area contributed by atoms with Crippen molar-refractivity contribution in [3.63, 3.8) is 0 Å². The summed E-state index contributed by atoms with van der Waals surface area (Å²) in [6.45, 7) is 2.62. The number of nitrogens with zero attached hydrogens (tertiary/aromatic N) is 3. The van der Waals surface area contributed by atoms with Gasteiger partial charge in [0.15, 0.2) is 4.60 Å². The molecule has 0 bridgehead atoms. The van der Waals surface area contributed by atoms with Crippen molar-refractivity contribution in [1.82, 2.24) is 20.3 Å². The second-order valence-corrected chi connectivity index (χ2v) is 4.80. The molecule has 0 aliphatic carbocycles. The highest BCUT2D eigenvalue weighted by atomic mass is 79.9. The number of hydrogen-bond donors (Lipinski definition) is 1. The Morgan fingerprint density at radius 2 is 2.11 bits per heavy atom. The molecule has 1 rings (SSSR count). The van der Waals surface area contributed by atoms with E-state index in [1.807, 2.05) is 6.92 Å². The topological polar surface area (TPSA) is 42.7 Å². The summed E-state index contributed by atoms with van der Waals surface area (Å²) in [4.78, 5) is 0. The van der Waals surface area contributed by atoms with Gasteiger partial charge in [0.05, 0.1) is 11.7 Å². The lowest BCUT2D eigenvalue weighted by molar-refractivity contribution is -0.136. The highest BCUT2D eigenvalue weighted by Gasteiger charge is 2.30. The highest BCUT2D eigenvalue weighted by molar-refractivity contribution is 9.10. The molecule has 0 aromatic carbocycles. The molecular formula is C10H16BrF3N4. The average molecular weight is 329 g/mol. The van der Waals surface area contributed by atoms with Crippen molar-refractivity contribution in [2.24, 2.45) is 7.05 Å². The van der Waals surface area contributed by atoms with Gasteiger partial charge in [-0.15, -0.1) is 5.10 Å². The van der Waals surface area contributed by atoms with Crippen LogP contribution in [-0.4, -0.2) is 27.7 Å². The van der Waals surface area contributed by atoms with Crippen LogP contribution in [0, 0.1) is 0 Å². The molecule has 0 spiro atoms. The van der Waals surface area contributed by atoms with Gasteiger partial charge in [0, 0.05) is 13.5 Å². The highest BCUT2D eigenvalue weighted by Crippen LogP contribution is 2.29. The lowest BCUT2D eigenvalue weighted by atomic mass is 10.1. The van der Waals surface area contributed by atoms with Crippen LogP contribution in [0.2, 0.25) is 0 Å². The Bertz CT molecular complexity index is 358. The van der Waals surface area contributed by atoms with E-state index in [1.165, 1.54) is 4.68 Å². The SMILES string of the molecule is CCCNC(CCC(F)(F)F)c1c(Br)nnn1C. The first-order valence-corrected chi connectivity index (χ1v) is 6.49. The Hall–Kier alpha value is -0.630. The molecule has 0 aliphatic heterocycles. The number of halogens is 4. The van der Waals surface area contributed by atoms with Crippen LogP contribution >= 0.6 is 15.9 Å². The molecule has 8 heteroatoms. The lowest BCUT2D eigenvalue weighted by Crippen LogP contribution is -2.26. The largest absolute Gasteiger partial charge is 0.389 e. The van der Waals surface area contributed by atoms with Crippen LogP contribution in [-0.2, 0) is 7.05 Å². The molecule has 0 aliphatic rings. The van der Waals surface area contributed by atoms with Crippen molar-refractivity contribution in [3.8, 4) is 0 Å². The molecule has 0 amide bonds. The molecule has 1 aromatic rings. The van der Waals surface area contributed by atoms with Gasteiger partial charge in [0.2, 0.25) is 0 Å². The molecule has 1 unspecified atom stereocenters. The maximum absolute atomic E-state index is 12.3. The van der Waals surface area contributed by atoms with Gasteiger partial charge in [0.25, 0.3) is 0 Å². The molecule has 0 fully saturated rings. The van der Waals surface area contributed by atoms with Gasteiger partial charge in [-0.2, -0.15) is 13.2 Å². The number of aromatic nitrogens is 3. The Kier molecular flexibility index (Phi) is 5.58. The van der Waals surface area contributed by atoms with Crippen molar-refractivity contribution in [2.45, 2.75) is 38.4 Å². The monoisotopic (exact) mass is 328 g/mol. The minimum atomic E-state index is -4.15. The van der Waals surface area contributed by atoms with Crippen LogP contribution in [0.25, 0.3) is 0 Å². The number of alkyl halides is 3. The molecule has 1 N–H and O–H groups in total. The van der Waals surface area contributed by atoms with E-state index < -0.39 is 18.6 Å². The number of aryl methyl sites for hydroxylation is 1. The van der Waals surface area contributed by atoms with Gasteiger partial charge in [-0.05, 0) is 35.3 Å². The zero-order chi connectivity index (χ0) is 13.8. The molecule has 1 heterocycles. The van der Waals surface area contributed by atoms with Crippen LogP contribution < -0.4 is 5.32 Å². The molecule has 104 valence electrons.